The molecule has 0 bridgehead atoms. The Hall–Kier alpha value is -1.33. The van der Waals surface area contributed by atoms with Crippen LogP contribution in [0.25, 0.3) is 0 Å². The molecule has 2 aliphatic rings. The molecule has 1 N–H and O–H groups in total. The first-order chi connectivity index (χ1) is 7.36. The lowest BCUT2D eigenvalue weighted by atomic mass is 9.81. The summed E-state index contributed by atoms with van der Waals surface area (Å²) in [5.74, 6) is 0. The highest BCUT2D eigenvalue weighted by molar-refractivity contribution is 5.50. The Morgan fingerprint density at radius 3 is 3.00 bits per heavy atom. The number of benzene rings is 1. The minimum Gasteiger partial charge on any atom is -0.316 e. The van der Waals surface area contributed by atoms with Crippen molar-refractivity contribution < 1.29 is 0 Å². The van der Waals surface area contributed by atoms with Crippen LogP contribution in [0.2, 0.25) is 0 Å². The molecule has 1 aliphatic carbocycles. The third kappa shape index (κ3) is 1.13. The SMILES string of the molecule is N#Cc1cccc2c1CCC21CCNC1. The van der Waals surface area contributed by atoms with E-state index in [1.807, 2.05) is 12.1 Å². The van der Waals surface area contributed by atoms with E-state index in [0.717, 1.165) is 25.1 Å². The Labute approximate surface area is 89.9 Å². The van der Waals surface area contributed by atoms with Crippen LogP contribution in [0.5, 0.6) is 0 Å². The van der Waals surface area contributed by atoms with Crippen LogP contribution >= 0.6 is 0 Å². The van der Waals surface area contributed by atoms with Crippen molar-refractivity contribution in [3.63, 3.8) is 0 Å². The summed E-state index contributed by atoms with van der Waals surface area (Å²) in [6, 6.07) is 8.51. The molecule has 0 aromatic heterocycles. The monoisotopic (exact) mass is 198 g/mol. The third-order valence-corrected chi connectivity index (χ3v) is 3.97. The van der Waals surface area contributed by atoms with Gasteiger partial charge in [0.05, 0.1) is 11.6 Å². The van der Waals surface area contributed by atoms with Gasteiger partial charge in [0.2, 0.25) is 0 Å². The van der Waals surface area contributed by atoms with E-state index >= 15 is 0 Å². The zero-order valence-electron chi connectivity index (χ0n) is 8.71. The first-order valence-corrected chi connectivity index (χ1v) is 5.59. The van der Waals surface area contributed by atoms with Gasteiger partial charge in [-0.2, -0.15) is 5.26 Å². The van der Waals surface area contributed by atoms with Crippen molar-refractivity contribution in [2.75, 3.05) is 13.1 Å². The molecule has 0 amide bonds. The summed E-state index contributed by atoms with van der Waals surface area (Å²) in [4.78, 5) is 0. The maximum Gasteiger partial charge on any atom is 0.0994 e. The van der Waals surface area contributed by atoms with E-state index in [1.165, 1.54) is 24.0 Å². The van der Waals surface area contributed by atoms with Gasteiger partial charge in [-0.25, -0.2) is 0 Å². The van der Waals surface area contributed by atoms with Crippen molar-refractivity contribution in [2.24, 2.45) is 0 Å². The fraction of sp³-hybridized carbons (Fsp3) is 0.462. The fourth-order valence-electron chi connectivity index (χ4n) is 3.14. The molecule has 3 rings (SSSR count). The van der Waals surface area contributed by atoms with Crippen LogP contribution in [-0.2, 0) is 11.8 Å². The van der Waals surface area contributed by atoms with Crippen LogP contribution in [0.1, 0.15) is 29.5 Å². The first-order valence-electron chi connectivity index (χ1n) is 5.59. The molecule has 1 heterocycles. The molecule has 1 aromatic carbocycles. The van der Waals surface area contributed by atoms with Gasteiger partial charge in [0, 0.05) is 12.0 Å². The van der Waals surface area contributed by atoms with Gasteiger partial charge in [0.25, 0.3) is 0 Å². The molecule has 1 saturated heterocycles. The predicted octanol–water partition coefficient (Wildman–Crippen LogP) is 1.74. The average molecular weight is 198 g/mol. The Bertz CT molecular complexity index is 436. The quantitative estimate of drug-likeness (QED) is 0.689. The second-order valence-corrected chi connectivity index (χ2v) is 4.65. The summed E-state index contributed by atoms with van der Waals surface area (Å²) in [6.45, 7) is 2.21. The Morgan fingerprint density at radius 1 is 1.33 bits per heavy atom. The second kappa shape index (κ2) is 3.08. The molecule has 15 heavy (non-hydrogen) atoms. The molecule has 1 spiro atoms. The average Bonchev–Trinajstić information content (AvgIpc) is 2.89. The Morgan fingerprint density at radius 2 is 2.27 bits per heavy atom. The molecule has 1 fully saturated rings. The minimum absolute atomic E-state index is 0.349. The van der Waals surface area contributed by atoms with Crippen molar-refractivity contribution in [3.05, 3.63) is 34.9 Å². The number of hydrogen-bond acceptors (Lipinski definition) is 2. The number of nitriles is 1. The number of fused-ring (bicyclic) bond motifs is 2. The van der Waals surface area contributed by atoms with Gasteiger partial charge in [-0.1, -0.05) is 12.1 Å². The summed E-state index contributed by atoms with van der Waals surface area (Å²) >= 11 is 0. The predicted molar refractivity (Wildman–Crippen MR) is 58.6 cm³/mol. The van der Waals surface area contributed by atoms with Crippen LogP contribution in [0.15, 0.2) is 18.2 Å². The molecule has 0 radical (unpaired) electrons. The molecule has 2 nitrogen and oxygen atoms in total. The van der Waals surface area contributed by atoms with E-state index in [2.05, 4.69) is 17.5 Å². The van der Waals surface area contributed by atoms with Crippen LogP contribution < -0.4 is 5.32 Å². The zero-order valence-corrected chi connectivity index (χ0v) is 8.71. The third-order valence-electron chi connectivity index (χ3n) is 3.97. The second-order valence-electron chi connectivity index (χ2n) is 4.65. The molecule has 1 atom stereocenters. The maximum atomic E-state index is 9.07. The fourth-order valence-corrected chi connectivity index (χ4v) is 3.14. The zero-order chi connectivity index (χ0) is 10.3. The van der Waals surface area contributed by atoms with E-state index in [9.17, 15) is 0 Å². The van der Waals surface area contributed by atoms with Crippen molar-refractivity contribution in [2.45, 2.75) is 24.7 Å². The lowest BCUT2D eigenvalue weighted by Gasteiger charge is -2.23. The van der Waals surface area contributed by atoms with Crippen molar-refractivity contribution in [1.82, 2.24) is 5.32 Å². The largest absolute Gasteiger partial charge is 0.316 e. The maximum absolute atomic E-state index is 9.07. The van der Waals surface area contributed by atoms with Crippen molar-refractivity contribution >= 4 is 0 Å². The summed E-state index contributed by atoms with van der Waals surface area (Å²) in [7, 11) is 0. The van der Waals surface area contributed by atoms with E-state index in [4.69, 9.17) is 5.26 Å². The smallest absolute Gasteiger partial charge is 0.0994 e. The molecule has 1 aliphatic heterocycles. The van der Waals surface area contributed by atoms with Crippen LogP contribution in [0.4, 0.5) is 0 Å². The number of nitrogens with one attached hydrogen (secondary N) is 1. The molecular weight excluding hydrogens is 184 g/mol. The Kier molecular flexibility index (Phi) is 1.83. The van der Waals surface area contributed by atoms with Crippen molar-refractivity contribution in [3.8, 4) is 6.07 Å². The van der Waals surface area contributed by atoms with E-state index in [1.54, 1.807) is 0 Å². The molecule has 0 saturated carbocycles. The summed E-state index contributed by atoms with van der Waals surface area (Å²) in [6.07, 6.45) is 3.53. The van der Waals surface area contributed by atoms with E-state index in [0.29, 0.717) is 5.41 Å². The highest BCUT2D eigenvalue weighted by Crippen LogP contribution is 2.43. The standard InChI is InChI=1S/C13H14N2/c14-8-10-2-1-3-12-11(10)4-5-13(12)6-7-15-9-13/h1-3,15H,4-7,9H2. The minimum atomic E-state index is 0.349. The van der Waals surface area contributed by atoms with Crippen LogP contribution in [0.3, 0.4) is 0 Å². The summed E-state index contributed by atoms with van der Waals surface area (Å²) in [5, 5.41) is 12.5. The van der Waals surface area contributed by atoms with Gasteiger partial charge >= 0.3 is 0 Å². The highest BCUT2D eigenvalue weighted by Gasteiger charge is 2.41. The molecule has 1 unspecified atom stereocenters. The van der Waals surface area contributed by atoms with Gasteiger partial charge in [-0.05, 0) is 43.0 Å². The molecular formula is C13H14N2. The highest BCUT2D eigenvalue weighted by atomic mass is 14.9. The van der Waals surface area contributed by atoms with Gasteiger partial charge < -0.3 is 5.32 Å². The Balaban J connectivity index is 2.15. The number of nitrogens with zero attached hydrogens (tertiary/aromatic N) is 1. The summed E-state index contributed by atoms with van der Waals surface area (Å²) in [5.41, 5.74) is 3.98. The number of rotatable bonds is 0. The van der Waals surface area contributed by atoms with E-state index in [-0.39, 0.29) is 0 Å². The van der Waals surface area contributed by atoms with Gasteiger partial charge in [-0.15, -0.1) is 0 Å². The lowest BCUT2D eigenvalue weighted by molar-refractivity contribution is 0.468. The first kappa shape index (κ1) is 8.94. The molecule has 76 valence electrons. The van der Waals surface area contributed by atoms with Crippen molar-refractivity contribution in [1.29, 1.82) is 5.26 Å². The van der Waals surface area contributed by atoms with Crippen LogP contribution in [0, 0.1) is 11.3 Å². The summed E-state index contributed by atoms with van der Waals surface area (Å²) < 4.78 is 0. The van der Waals surface area contributed by atoms with Gasteiger partial charge in [-0.3, -0.25) is 0 Å². The lowest BCUT2D eigenvalue weighted by Crippen LogP contribution is -2.25. The topological polar surface area (TPSA) is 35.8 Å². The molecule has 2 heteroatoms. The normalized spacial score (nSPS) is 27.9. The number of hydrogen-bond donors (Lipinski definition) is 1. The van der Waals surface area contributed by atoms with Gasteiger partial charge in [0.15, 0.2) is 0 Å². The molecule has 1 aromatic rings. The van der Waals surface area contributed by atoms with Crippen LogP contribution in [-0.4, -0.2) is 13.1 Å². The van der Waals surface area contributed by atoms with Gasteiger partial charge in [0.1, 0.15) is 0 Å². The van der Waals surface area contributed by atoms with E-state index < -0.39 is 0 Å².